The highest BCUT2D eigenvalue weighted by Gasteiger charge is 2.26. The molecule has 8 aliphatic carbocycles. The van der Waals surface area contributed by atoms with Gasteiger partial charge in [-0.05, 0) is 248 Å². The van der Waals surface area contributed by atoms with Gasteiger partial charge < -0.3 is 18.9 Å². The van der Waals surface area contributed by atoms with Gasteiger partial charge in [0.1, 0.15) is 0 Å². The van der Waals surface area contributed by atoms with Crippen molar-refractivity contribution in [3.8, 4) is 139 Å². The second kappa shape index (κ2) is 34.9. The maximum Gasteiger partial charge on any atom is 0.338 e. The van der Waals surface area contributed by atoms with E-state index in [1.54, 1.807) is 24.3 Å². The molecule has 8 heteroatoms. The number of carbonyl (C=O) groups is 4. The monoisotopic (exact) mass is 1480 g/mol. The van der Waals surface area contributed by atoms with E-state index in [0.717, 1.165) is 111 Å². The molecule has 13 rings (SSSR count). The largest absolute Gasteiger partial charge is 0.465 e. The van der Waals surface area contributed by atoms with E-state index in [9.17, 15) is 19.2 Å². The zero-order valence-corrected chi connectivity index (χ0v) is 65.5. The number of carbonyl (C=O) groups excluding carboxylic acids is 4. The Morgan fingerprint density at radius 3 is 0.526 bits per heavy atom. The van der Waals surface area contributed by atoms with Crippen LogP contribution in [0.3, 0.4) is 0 Å². The number of ether oxygens (including phenoxy) is 4. The summed E-state index contributed by atoms with van der Waals surface area (Å²) in [5, 5.41) is 0. The molecule has 0 atom stereocenters. The van der Waals surface area contributed by atoms with Crippen molar-refractivity contribution in [1.82, 2.24) is 0 Å². The van der Waals surface area contributed by atoms with Gasteiger partial charge in [0.25, 0.3) is 0 Å². The minimum absolute atomic E-state index is 0.243. The molecule has 114 heavy (non-hydrogen) atoms. The van der Waals surface area contributed by atoms with Gasteiger partial charge in [0.15, 0.2) is 0 Å². The van der Waals surface area contributed by atoms with Crippen molar-refractivity contribution in [2.24, 2.45) is 0 Å². The molecule has 0 aliphatic heterocycles. The number of rotatable bonds is 8. The van der Waals surface area contributed by atoms with Crippen molar-refractivity contribution in [2.45, 2.75) is 79.1 Å². The fourth-order valence-electron chi connectivity index (χ4n) is 13.2. The first-order valence-electron chi connectivity index (χ1n) is 37.6. The highest BCUT2D eigenvalue weighted by atomic mass is 16.5. The van der Waals surface area contributed by atoms with Gasteiger partial charge in [0, 0.05) is 89.0 Å². The average molecular weight is 1480 g/mol. The Bertz CT molecular complexity index is 5600. The van der Waals surface area contributed by atoms with Crippen LogP contribution in [0.1, 0.15) is 232 Å². The minimum Gasteiger partial charge on any atom is -0.465 e. The molecular weight excluding hydrogens is 1400 g/mol. The van der Waals surface area contributed by atoms with Crippen LogP contribution < -0.4 is 0 Å². The first-order valence-corrected chi connectivity index (χ1v) is 37.6. The number of methoxy groups -OCH3 is 4. The van der Waals surface area contributed by atoms with E-state index in [4.69, 9.17) is 18.9 Å². The lowest BCUT2D eigenvalue weighted by atomic mass is 9.97. The third-order valence-electron chi connectivity index (χ3n) is 19.8. The lowest BCUT2D eigenvalue weighted by molar-refractivity contribution is 0.0593. The van der Waals surface area contributed by atoms with E-state index in [1.165, 1.54) is 28.4 Å². The van der Waals surface area contributed by atoms with Gasteiger partial charge >= 0.3 is 23.9 Å². The van der Waals surface area contributed by atoms with E-state index in [1.807, 2.05) is 182 Å². The molecule has 550 valence electrons. The van der Waals surface area contributed by atoms with Crippen LogP contribution in [0.2, 0.25) is 0 Å². The number of hydrogen-bond acceptors (Lipinski definition) is 8. The summed E-state index contributed by atoms with van der Waals surface area (Å²) in [4.78, 5) is 52.4. The van der Waals surface area contributed by atoms with Gasteiger partial charge in [-0.15, -0.1) is 0 Å². The van der Waals surface area contributed by atoms with E-state index < -0.39 is 23.9 Å². The summed E-state index contributed by atoms with van der Waals surface area (Å²) >= 11 is 0. The van der Waals surface area contributed by atoms with E-state index in [-0.39, 0.29) is 23.7 Å². The van der Waals surface area contributed by atoms with Crippen molar-refractivity contribution in [2.75, 3.05) is 28.4 Å². The first kappa shape index (κ1) is 77.4. The smallest absolute Gasteiger partial charge is 0.338 e. The second-order valence-corrected chi connectivity index (χ2v) is 28.7. The van der Waals surface area contributed by atoms with Crippen LogP contribution >= 0.6 is 0 Å². The molecule has 0 unspecified atom stereocenters. The van der Waals surface area contributed by atoms with Gasteiger partial charge in [-0.25, -0.2) is 19.2 Å². The molecule has 0 fully saturated rings. The molecule has 0 N–H and O–H groups in total. The Balaban J connectivity index is 0.883. The predicted octanol–water partition coefficient (Wildman–Crippen LogP) is 20.9. The van der Waals surface area contributed by atoms with Crippen LogP contribution in [0.5, 0.6) is 0 Å². The zero-order chi connectivity index (χ0) is 80.1. The fraction of sp³-hybridized carbons (Fsp3) is 0.151. The molecule has 0 heterocycles. The fourth-order valence-corrected chi connectivity index (χ4v) is 13.2. The van der Waals surface area contributed by atoms with Crippen molar-refractivity contribution in [3.05, 3.63) is 364 Å². The average Bonchev–Trinajstić information content (AvgIpc) is 1.53. The molecule has 0 saturated carbocycles. The maximum absolute atomic E-state index is 13.1. The van der Waals surface area contributed by atoms with Crippen LogP contribution in [0.15, 0.2) is 231 Å². The highest BCUT2D eigenvalue weighted by Crippen LogP contribution is 2.39. The third kappa shape index (κ3) is 17.8. The minimum atomic E-state index is -0.423. The van der Waals surface area contributed by atoms with Crippen molar-refractivity contribution < 1.29 is 38.1 Å². The molecule has 8 aliphatic rings. The first-order chi connectivity index (χ1) is 55.2. The maximum atomic E-state index is 13.1. The molecule has 0 saturated heterocycles. The van der Waals surface area contributed by atoms with Crippen LogP contribution in [-0.4, -0.2) is 52.3 Å². The quantitative estimate of drug-likeness (QED) is 0.0842. The molecule has 0 aromatic heterocycles. The van der Waals surface area contributed by atoms with E-state index >= 15 is 0 Å². The van der Waals surface area contributed by atoms with E-state index in [2.05, 4.69) is 174 Å². The topological polar surface area (TPSA) is 105 Å². The standard InChI is InChI=1S/C106H78O8/c1-67(2)79-17-13-21-91-87(63-99(95(91)59-79)103(107)111-9)53-45-75-33-25-71(26-34-75)41-49-83-57-85(51-43-73-29-37-77(38-30-73)47-55-89-65-101(105(109)113-11)97-61-81(69(5)6)19-15-23-93(89)97)86(52-44-74-31-39-78(40-32-74)48-56-90-66-102(106(110)114-12)98-62-82(70(7)8)20-16-24-94(90)98)58-84(83)50-42-72-27-35-76(36-28-72)46-54-88-64-100(104(108)112-10)96-60-80(68(3)4)18-14-22-92(88)96/h13-40,57-70H,1-12H3. The van der Waals surface area contributed by atoms with Crippen molar-refractivity contribution in [3.63, 3.8) is 0 Å². The number of benzene rings is 5. The molecule has 5 aromatic carbocycles. The summed E-state index contributed by atoms with van der Waals surface area (Å²) in [7, 11) is 5.54. The molecule has 0 spiro atoms. The Morgan fingerprint density at radius 2 is 0.368 bits per heavy atom. The zero-order valence-electron chi connectivity index (χ0n) is 65.5. The molecule has 0 radical (unpaired) electrons. The summed E-state index contributed by atoms with van der Waals surface area (Å²) in [6.07, 6.45) is 0. The van der Waals surface area contributed by atoms with E-state index in [0.29, 0.717) is 66.8 Å². The summed E-state index contributed by atoms with van der Waals surface area (Å²) < 4.78 is 20.8. The lowest BCUT2D eigenvalue weighted by Gasteiger charge is -2.04. The summed E-state index contributed by atoms with van der Waals surface area (Å²) in [6.45, 7) is 17.0. The van der Waals surface area contributed by atoms with Crippen LogP contribution in [0.25, 0.3) is 44.5 Å². The van der Waals surface area contributed by atoms with Gasteiger partial charge in [0.2, 0.25) is 0 Å². The molecular formula is C106H78O8. The van der Waals surface area contributed by atoms with Crippen molar-refractivity contribution >= 4 is 23.9 Å². The number of hydrogen-bond donors (Lipinski definition) is 0. The van der Waals surface area contributed by atoms with Gasteiger partial charge in [-0.1, -0.05) is 223 Å². The Morgan fingerprint density at radius 1 is 0.202 bits per heavy atom. The molecule has 0 bridgehead atoms. The van der Waals surface area contributed by atoms with Crippen molar-refractivity contribution in [1.29, 1.82) is 0 Å². The molecule has 0 amide bonds. The lowest BCUT2D eigenvalue weighted by Crippen LogP contribution is -2.00. The van der Waals surface area contributed by atoms with Gasteiger partial charge in [-0.2, -0.15) is 0 Å². The predicted molar refractivity (Wildman–Crippen MR) is 454 cm³/mol. The summed E-state index contributed by atoms with van der Waals surface area (Å²) in [6, 6.07) is 74.2. The van der Waals surface area contributed by atoms with Crippen LogP contribution in [0, 0.1) is 94.7 Å². The highest BCUT2D eigenvalue weighted by molar-refractivity contribution is 6.04. The Hall–Kier alpha value is -14.7. The Kier molecular flexibility index (Phi) is 23.7. The molecule has 8 nitrogen and oxygen atoms in total. The van der Waals surface area contributed by atoms with Crippen LogP contribution in [-0.2, 0) is 18.9 Å². The van der Waals surface area contributed by atoms with Gasteiger partial charge in [-0.3, -0.25) is 0 Å². The Labute approximate surface area is 668 Å². The third-order valence-corrected chi connectivity index (χ3v) is 19.8. The summed E-state index contributed by atoms with van der Waals surface area (Å²) in [5.74, 6) is 53.4. The number of fused-ring (bicyclic) bond motifs is 4. The number of esters is 4. The SMILES string of the molecule is COC(=O)c1cc(C#Cc2ccc(C#Cc3cc(C#Cc4ccc(C#Cc5cc(C(=O)OC)c6cc(C(C)C)cccc5-6)cc4)c(C#Cc4ccc(C#Cc5cc(C(=O)OC)c6cc(C(C)C)cccc5-6)cc4)cc3C#Cc3ccc(C#Cc4cc(C(=O)OC)c5cc(C(C)C)cccc4-5)cc3)cc2)c2cccc(C(C)C)cc1-2. The normalized spacial score (nSPS) is 10.5. The van der Waals surface area contributed by atoms with Gasteiger partial charge in [0.05, 0.1) is 50.7 Å². The molecule has 5 aromatic rings. The summed E-state index contributed by atoms with van der Waals surface area (Å²) in [5.41, 5.74) is 24.0. The van der Waals surface area contributed by atoms with Crippen LogP contribution in [0.4, 0.5) is 0 Å². The second-order valence-electron chi connectivity index (χ2n) is 28.7.